The van der Waals surface area contributed by atoms with Crippen LogP contribution in [0.3, 0.4) is 0 Å². The van der Waals surface area contributed by atoms with E-state index >= 15 is 0 Å². The lowest BCUT2D eigenvalue weighted by Gasteiger charge is -2.24. The molecule has 0 saturated carbocycles. The van der Waals surface area contributed by atoms with Crippen molar-refractivity contribution >= 4 is 38.4 Å². The first-order valence-corrected chi connectivity index (χ1v) is 12.1. The lowest BCUT2D eigenvalue weighted by Crippen LogP contribution is -2.37. The maximum atomic E-state index is 12.5. The summed E-state index contributed by atoms with van der Waals surface area (Å²) >= 11 is 1.39. The first kappa shape index (κ1) is 20.0. The number of aliphatic imine (C=N–C) groups is 1. The first-order chi connectivity index (χ1) is 13.9. The molecule has 0 unspecified atom stereocenters. The lowest BCUT2D eigenvalue weighted by molar-refractivity contribution is -0.117. The third kappa shape index (κ3) is 4.48. The Labute approximate surface area is 174 Å². The van der Waals surface area contributed by atoms with Crippen molar-refractivity contribution in [1.29, 1.82) is 0 Å². The number of sulfone groups is 1. The zero-order chi connectivity index (χ0) is 20.4. The van der Waals surface area contributed by atoms with Gasteiger partial charge in [0.15, 0.2) is 15.0 Å². The third-order valence-corrected chi connectivity index (χ3v) is 8.30. The van der Waals surface area contributed by atoms with Crippen LogP contribution in [0, 0.1) is 0 Å². The Balaban J connectivity index is 1.59. The van der Waals surface area contributed by atoms with E-state index in [2.05, 4.69) is 4.99 Å². The molecule has 2 aromatic rings. The van der Waals surface area contributed by atoms with Gasteiger partial charge in [-0.3, -0.25) is 4.79 Å². The predicted octanol–water partition coefficient (Wildman–Crippen LogP) is 2.93. The number of carbonyl (C=O) groups is 1. The van der Waals surface area contributed by atoms with Crippen molar-refractivity contribution < 1.29 is 17.9 Å². The van der Waals surface area contributed by atoms with Crippen LogP contribution in [0.25, 0.3) is 0 Å². The highest BCUT2D eigenvalue weighted by Gasteiger charge is 2.49. The molecule has 0 aromatic heterocycles. The van der Waals surface area contributed by atoms with Gasteiger partial charge in [-0.1, -0.05) is 48.2 Å². The maximum absolute atomic E-state index is 12.5. The number of benzene rings is 2. The van der Waals surface area contributed by atoms with Crippen LogP contribution in [0.15, 0.2) is 59.6 Å². The lowest BCUT2D eigenvalue weighted by atomic mass is 10.1. The van der Waals surface area contributed by atoms with Crippen LogP contribution in [-0.2, 0) is 21.1 Å². The molecule has 2 aromatic carbocycles. The number of aryl methyl sites for hydroxylation is 1. The minimum atomic E-state index is -3.09. The van der Waals surface area contributed by atoms with Crippen LogP contribution < -0.4 is 9.64 Å². The van der Waals surface area contributed by atoms with Gasteiger partial charge < -0.3 is 9.64 Å². The Bertz CT molecular complexity index is 1040. The van der Waals surface area contributed by atoms with Gasteiger partial charge in [0.25, 0.3) is 0 Å². The Kier molecular flexibility index (Phi) is 5.65. The van der Waals surface area contributed by atoms with E-state index in [9.17, 15) is 13.2 Å². The summed E-state index contributed by atoms with van der Waals surface area (Å²) in [6.07, 6.45) is 0.940. The van der Waals surface area contributed by atoms with Crippen molar-refractivity contribution in [3.05, 3.63) is 60.2 Å². The number of amides is 1. The Morgan fingerprint density at radius 2 is 1.97 bits per heavy atom. The van der Waals surface area contributed by atoms with Gasteiger partial charge in [0.05, 0.1) is 24.7 Å². The van der Waals surface area contributed by atoms with Gasteiger partial charge in [0.2, 0.25) is 5.91 Å². The van der Waals surface area contributed by atoms with Crippen molar-refractivity contribution in [1.82, 2.24) is 0 Å². The number of hydrogen-bond acceptors (Lipinski definition) is 5. The molecule has 8 heteroatoms. The minimum absolute atomic E-state index is 0.0686. The van der Waals surface area contributed by atoms with E-state index in [1.807, 2.05) is 59.5 Å². The number of anilines is 1. The van der Waals surface area contributed by atoms with Crippen LogP contribution in [0.2, 0.25) is 0 Å². The average Bonchev–Trinajstić information content (AvgIpc) is 3.17. The normalized spacial score (nSPS) is 23.9. The molecule has 152 valence electrons. The van der Waals surface area contributed by atoms with Gasteiger partial charge in [-0.25, -0.2) is 8.42 Å². The third-order valence-electron chi connectivity index (χ3n) is 5.09. The molecule has 0 aliphatic carbocycles. The summed E-state index contributed by atoms with van der Waals surface area (Å²) in [5, 5.41) is 0.452. The topological polar surface area (TPSA) is 76.0 Å². The number of hydrogen-bond donors (Lipinski definition) is 0. The Hall–Kier alpha value is -2.32. The fourth-order valence-electron chi connectivity index (χ4n) is 3.69. The van der Waals surface area contributed by atoms with Gasteiger partial charge in [-0.15, -0.1) is 0 Å². The van der Waals surface area contributed by atoms with E-state index < -0.39 is 9.84 Å². The molecular formula is C21H22N2O4S2. The van der Waals surface area contributed by atoms with E-state index in [-0.39, 0.29) is 28.7 Å². The minimum Gasteiger partial charge on any atom is -0.497 e. The average molecular weight is 431 g/mol. The van der Waals surface area contributed by atoms with E-state index in [0.29, 0.717) is 23.8 Å². The van der Waals surface area contributed by atoms with E-state index in [4.69, 9.17) is 4.74 Å². The quantitative estimate of drug-likeness (QED) is 0.726. The van der Waals surface area contributed by atoms with E-state index in [0.717, 1.165) is 11.3 Å². The van der Waals surface area contributed by atoms with Gasteiger partial charge in [-0.2, -0.15) is 4.99 Å². The number of thioether (sulfide) groups is 1. The smallest absolute Gasteiger partial charge is 0.248 e. The molecule has 29 heavy (non-hydrogen) atoms. The second kappa shape index (κ2) is 8.20. The van der Waals surface area contributed by atoms with Crippen molar-refractivity contribution in [2.45, 2.75) is 24.1 Å². The number of ether oxygens (including phenoxy) is 1. The van der Waals surface area contributed by atoms with Crippen LogP contribution in [0.4, 0.5) is 5.69 Å². The Morgan fingerprint density at radius 1 is 1.17 bits per heavy atom. The fraction of sp³-hybridized carbons (Fsp3) is 0.333. The monoisotopic (exact) mass is 430 g/mol. The van der Waals surface area contributed by atoms with Gasteiger partial charge in [-0.05, 0) is 24.1 Å². The largest absolute Gasteiger partial charge is 0.497 e. The van der Waals surface area contributed by atoms with E-state index in [1.165, 1.54) is 11.8 Å². The molecule has 4 rings (SSSR count). The molecule has 2 fully saturated rings. The van der Waals surface area contributed by atoms with Gasteiger partial charge in [0.1, 0.15) is 5.75 Å². The molecule has 1 amide bonds. The molecule has 2 atom stereocenters. The number of methoxy groups -OCH3 is 1. The molecule has 2 saturated heterocycles. The molecular weight excluding hydrogens is 408 g/mol. The fourth-order valence-corrected chi connectivity index (χ4v) is 7.62. The summed E-state index contributed by atoms with van der Waals surface area (Å²) in [6.45, 7) is 0. The number of amidine groups is 1. The van der Waals surface area contributed by atoms with Gasteiger partial charge in [0, 0.05) is 23.4 Å². The van der Waals surface area contributed by atoms with Crippen LogP contribution in [0.5, 0.6) is 5.75 Å². The summed E-state index contributed by atoms with van der Waals surface area (Å²) in [5.74, 6) is 0.651. The second-order valence-corrected chi connectivity index (χ2v) is 10.5. The standard InChI is InChI=1S/C21H22N2O4S2/c1-27-17-9-5-8-16(12-17)23-18-13-29(25,26)14-19(18)28-21(23)22-20(24)11-10-15-6-3-2-4-7-15/h2-9,12,18-19H,10-11,13-14H2,1H3/t18-,19-/m0/s1. The van der Waals surface area contributed by atoms with Crippen molar-refractivity contribution in [3.63, 3.8) is 0 Å². The highest BCUT2D eigenvalue weighted by molar-refractivity contribution is 8.16. The van der Waals surface area contributed by atoms with Crippen molar-refractivity contribution in [3.8, 4) is 5.75 Å². The zero-order valence-corrected chi connectivity index (χ0v) is 17.7. The predicted molar refractivity (Wildman–Crippen MR) is 116 cm³/mol. The van der Waals surface area contributed by atoms with Crippen LogP contribution >= 0.6 is 11.8 Å². The van der Waals surface area contributed by atoms with Crippen LogP contribution in [0.1, 0.15) is 12.0 Å². The van der Waals surface area contributed by atoms with Crippen molar-refractivity contribution in [2.24, 2.45) is 4.99 Å². The second-order valence-electron chi connectivity index (χ2n) is 7.15. The Morgan fingerprint density at radius 3 is 2.72 bits per heavy atom. The molecule has 0 radical (unpaired) electrons. The molecule has 2 aliphatic rings. The van der Waals surface area contributed by atoms with Gasteiger partial charge >= 0.3 is 0 Å². The summed E-state index contributed by atoms with van der Waals surface area (Å²) in [6, 6.07) is 17.0. The summed E-state index contributed by atoms with van der Waals surface area (Å²) in [7, 11) is -1.51. The summed E-state index contributed by atoms with van der Waals surface area (Å²) < 4.78 is 29.6. The molecule has 0 bridgehead atoms. The highest BCUT2D eigenvalue weighted by Crippen LogP contribution is 2.41. The number of fused-ring (bicyclic) bond motifs is 1. The summed E-state index contributed by atoms with van der Waals surface area (Å²) in [4.78, 5) is 18.8. The molecule has 0 N–H and O–H groups in total. The zero-order valence-electron chi connectivity index (χ0n) is 16.0. The number of carbonyl (C=O) groups excluding carboxylic acids is 1. The first-order valence-electron chi connectivity index (χ1n) is 9.41. The molecule has 6 nitrogen and oxygen atoms in total. The molecule has 0 spiro atoms. The van der Waals surface area contributed by atoms with Crippen LogP contribution in [-0.4, -0.2) is 49.4 Å². The highest BCUT2D eigenvalue weighted by atomic mass is 32.2. The van der Waals surface area contributed by atoms with E-state index in [1.54, 1.807) is 7.11 Å². The molecule has 2 heterocycles. The van der Waals surface area contributed by atoms with Crippen molar-refractivity contribution in [2.75, 3.05) is 23.5 Å². The number of rotatable bonds is 5. The molecule has 2 aliphatic heterocycles. The number of nitrogens with zero attached hydrogens (tertiary/aromatic N) is 2. The maximum Gasteiger partial charge on any atom is 0.248 e. The SMILES string of the molecule is COc1cccc(N2C(=NC(=O)CCc3ccccc3)S[C@H]3CS(=O)(=O)C[C@@H]32)c1. The summed E-state index contributed by atoms with van der Waals surface area (Å²) in [5.41, 5.74) is 1.88.